The van der Waals surface area contributed by atoms with Crippen molar-refractivity contribution >= 4 is 22.5 Å². The largest absolute Gasteiger partial charge is 0.494 e. The molecule has 0 aliphatic rings. The number of amides is 1. The van der Waals surface area contributed by atoms with E-state index in [1.54, 1.807) is 6.07 Å². The van der Waals surface area contributed by atoms with Crippen LogP contribution in [0.2, 0.25) is 0 Å². The summed E-state index contributed by atoms with van der Waals surface area (Å²) in [6.45, 7) is 2.53. The highest BCUT2D eigenvalue weighted by Crippen LogP contribution is 2.16. The summed E-state index contributed by atoms with van der Waals surface area (Å²) >= 11 is 0. The molecule has 26 heavy (non-hydrogen) atoms. The lowest BCUT2D eigenvalue weighted by Gasteiger charge is -2.07. The first-order valence-electron chi connectivity index (χ1n) is 8.66. The van der Waals surface area contributed by atoms with Crippen molar-refractivity contribution in [1.29, 1.82) is 0 Å². The molecule has 0 radical (unpaired) electrons. The van der Waals surface area contributed by atoms with Crippen LogP contribution in [0, 0.1) is 0 Å². The highest BCUT2D eigenvalue weighted by atomic mass is 16.5. The molecule has 0 fully saturated rings. The predicted molar refractivity (Wildman–Crippen MR) is 102 cm³/mol. The monoisotopic (exact) mass is 351 g/mol. The molecule has 3 rings (SSSR count). The second-order valence-corrected chi connectivity index (χ2v) is 5.89. The average molecular weight is 351 g/mol. The zero-order chi connectivity index (χ0) is 18.4. The van der Waals surface area contributed by atoms with Gasteiger partial charge in [0.1, 0.15) is 11.6 Å². The van der Waals surface area contributed by atoms with Crippen LogP contribution in [0.1, 0.15) is 25.6 Å². The zero-order valence-corrected chi connectivity index (χ0v) is 14.6. The van der Waals surface area contributed by atoms with Crippen molar-refractivity contribution in [2.75, 3.05) is 11.9 Å². The van der Waals surface area contributed by atoms with E-state index < -0.39 is 0 Å². The Morgan fingerprint density at radius 3 is 2.69 bits per heavy atom. The molecule has 1 amide bonds. The Labute approximate surface area is 151 Å². The quantitative estimate of drug-likeness (QED) is 0.684. The van der Waals surface area contributed by atoms with Gasteiger partial charge in [-0.1, -0.05) is 12.1 Å². The fourth-order valence-corrected chi connectivity index (χ4v) is 2.69. The minimum atomic E-state index is -0.149. The Hall–Kier alpha value is -3.15. The molecule has 0 aliphatic heterocycles. The summed E-state index contributed by atoms with van der Waals surface area (Å²) < 4.78 is 5.37. The van der Waals surface area contributed by atoms with Crippen LogP contribution < -0.4 is 15.6 Å². The lowest BCUT2D eigenvalue weighted by atomic mass is 10.2. The van der Waals surface area contributed by atoms with Gasteiger partial charge in [-0.05, 0) is 49.7 Å². The molecule has 1 heterocycles. The van der Waals surface area contributed by atoms with Gasteiger partial charge in [0, 0.05) is 18.5 Å². The number of nitrogens with one attached hydrogen (secondary N) is 2. The molecule has 1 aromatic heterocycles. The maximum absolute atomic E-state index is 12.1. The van der Waals surface area contributed by atoms with Crippen molar-refractivity contribution in [3.63, 3.8) is 0 Å². The standard InChI is InChI=1S/C20H21N3O3/c1-2-26-15-12-10-14(11-13-15)21-19(24)9-5-8-18-22-17-7-4-3-6-16(17)20(25)23-18/h3-4,6-7,10-13H,2,5,8-9H2,1H3,(H,21,24)(H,22,23,25). The summed E-state index contributed by atoms with van der Waals surface area (Å²) in [5, 5.41) is 3.43. The molecule has 134 valence electrons. The first kappa shape index (κ1) is 17.7. The number of hydrogen-bond donors (Lipinski definition) is 2. The van der Waals surface area contributed by atoms with E-state index in [2.05, 4.69) is 15.3 Å². The van der Waals surface area contributed by atoms with Crippen molar-refractivity contribution in [3.05, 3.63) is 64.7 Å². The van der Waals surface area contributed by atoms with E-state index in [0.717, 1.165) is 11.4 Å². The molecule has 0 atom stereocenters. The molecular weight excluding hydrogens is 330 g/mol. The third kappa shape index (κ3) is 4.47. The molecule has 0 saturated carbocycles. The lowest BCUT2D eigenvalue weighted by molar-refractivity contribution is -0.116. The molecule has 2 aromatic carbocycles. The Kier molecular flexibility index (Phi) is 5.63. The minimum Gasteiger partial charge on any atom is -0.494 e. The Bertz CT molecular complexity index is 948. The third-order valence-corrected chi connectivity index (χ3v) is 3.93. The van der Waals surface area contributed by atoms with Crippen LogP contribution in [0.15, 0.2) is 53.3 Å². The van der Waals surface area contributed by atoms with Gasteiger partial charge < -0.3 is 15.0 Å². The van der Waals surface area contributed by atoms with Crippen LogP contribution in [-0.4, -0.2) is 22.5 Å². The van der Waals surface area contributed by atoms with Gasteiger partial charge >= 0.3 is 0 Å². The van der Waals surface area contributed by atoms with Crippen LogP contribution in [0.3, 0.4) is 0 Å². The first-order chi connectivity index (χ1) is 12.7. The van der Waals surface area contributed by atoms with E-state index in [9.17, 15) is 9.59 Å². The SMILES string of the molecule is CCOc1ccc(NC(=O)CCCc2nc3ccccc3c(=O)[nH]2)cc1. The molecule has 0 spiro atoms. The van der Waals surface area contributed by atoms with Crippen LogP contribution in [0.4, 0.5) is 5.69 Å². The number of para-hydroxylation sites is 1. The van der Waals surface area contributed by atoms with Gasteiger partial charge in [0.05, 0.1) is 17.5 Å². The van der Waals surface area contributed by atoms with Crippen molar-refractivity contribution in [3.8, 4) is 5.75 Å². The van der Waals surface area contributed by atoms with E-state index in [1.807, 2.05) is 49.4 Å². The number of aromatic nitrogens is 2. The van der Waals surface area contributed by atoms with E-state index in [0.29, 0.717) is 42.6 Å². The highest BCUT2D eigenvalue weighted by Gasteiger charge is 2.06. The molecule has 0 unspecified atom stereocenters. The number of aromatic amines is 1. The van der Waals surface area contributed by atoms with Crippen LogP contribution in [-0.2, 0) is 11.2 Å². The zero-order valence-electron chi connectivity index (χ0n) is 14.6. The maximum atomic E-state index is 12.1. The van der Waals surface area contributed by atoms with Gasteiger partial charge in [-0.2, -0.15) is 0 Å². The van der Waals surface area contributed by atoms with Crippen LogP contribution in [0.25, 0.3) is 10.9 Å². The van der Waals surface area contributed by atoms with Gasteiger partial charge in [0.15, 0.2) is 0 Å². The molecule has 0 bridgehead atoms. The summed E-state index contributed by atoms with van der Waals surface area (Å²) in [6, 6.07) is 14.5. The van der Waals surface area contributed by atoms with Gasteiger partial charge in [0.2, 0.25) is 5.91 Å². The maximum Gasteiger partial charge on any atom is 0.258 e. The number of carbonyl (C=O) groups is 1. The number of benzene rings is 2. The fourth-order valence-electron chi connectivity index (χ4n) is 2.69. The van der Waals surface area contributed by atoms with Crippen molar-refractivity contribution in [2.24, 2.45) is 0 Å². The summed E-state index contributed by atoms with van der Waals surface area (Å²) in [6.07, 6.45) is 1.49. The topological polar surface area (TPSA) is 84.1 Å². The summed E-state index contributed by atoms with van der Waals surface area (Å²) in [5.74, 6) is 1.30. The smallest absolute Gasteiger partial charge is 0.258 e. The van der Waals surface area contributed by atoms with E-state index in [-0.39, 0.29) is 11.5 Å². The molecule has 2 N–H and O–H groups in total. The normalized spacial score (nSPS) is 10.7. The second-order valence-electron chi connectivity index (χ2n) is 5.89. The number of H-pyrrole nitrogens is 1. The third-order valence-electron chi connectivity index (χ3n) is 3.93. The Balaban J connectivity index is 1.53. The molecule has 0 saturated heterocycles. The van der Waals surface area contributed by atoms with Crippen LogP contribution >= 0.6 is 0 Å². The molecule has 3 aromatic rings. The van der Waals surface area contributed by atoms with Crippen molar-refractivity contribution in [2.45, 2.75) is 26.2 Å². The number of rotatable bonds is 7. The molecule has 6 nitrogen and oxygen atoms in total. The number of hydrogen-bond acceptors (Lipinski definition) is 4. The van der Waals surface area contributed by atoms with Crippen molar-refractivity contribution in [1.82, 2.24) is 9.97 Å². The molecular formula is C20H21N3O3. The number of fused-ring (bicyclic) bond motifs is 1. The van der Waals surface area contributed by atoms with Gasteiger partial charge in [-0.25, -0.2) is 4.98 Å². The summed E-state index contributed by atoms with van der Waals surface area (Å²) in [5.41, 5.74) is 1.25. The number of carbonyl (C=O) groups excluding carboxylic acids is 1. The lowest BCUT2D eigenvalue weighted by Crippen LogP contribution is -2.14. The molecule has 6 heteroatoms. The van der Waals surface area contributed by atoms with Gasteiger partial charge in [-0.15, -0.1) is 0 Å². The van der Waals surface area contributed by atoms with Gasteiger partial charge in [0.25, 0.3) is 5.56 Å². The fraction of sp³-hybridized carbons (Fsp3) is 0.250. The van der Waals surface area contributed by atoms with E-state index in [1.165, 1.54) is 0 Å². The number of aryl methyl sites for hydroxylation is 1. The average Bonchev–Trinajstić information content (AvgIpc) is 2.64. The summed E-state index contributed by atoms with van der Waals surface area (Å²) in [7, 11) is 0. The van der Waals surface area contributed by atoms with Crippen LogP contribution in [0.5, 0.6) is 5.75 Å². The number of anilines is 1. The Morgan fingerprint density at radius 1 is 1.15 bits per heavy atom. The highest BCUT2D eigenvalue weighted by molar-refractivity contribution is 5.90. The number of nitrogens with zero attached hydrogens (tertiary/aromatic N) is 1. The first-order valence-corrected chi connectivity index (χ1v) is 8.66. The summed E-state index contributed by atoms with van der Waals surface area (Å²) in [4.78, 5) is 31.3. The molecule has 0 aliphatic carbocycles. The predicted octanol–water partition coefficient (Wildman–Crippen LogP) is 3.28. The minimum absolute atomic E-state index is 0.0719. The van der Waals surface area contributed by atoms with Crippen molar-refractivity contribution < 1.29 is 9.53 Å². The number of ether oxygens (including phenoxy) is 1. The second kappa shape index (κ2) is 8.29. The van der Waals surface area contributed by atoms with E-state index >= 15 is 0 Å². The Morgan fingerprint density at radius 2 is 1.92 bits per heavy atom. The van der Waals surface area contributed by atoms with E-state index in [4.69, 9.17) is 4.74 Å². The van der Waals surface area contributed by atoms with Gasteiger partial charge in [-0.3, -0.25) is 9.59 Å².